The molecule has 1 aliphatic carbocycles. The van der Waals surface area contributed by atoms with Crippen LogP contribution in [0.15, 0.2) is 53.4 Å². The van der Waals surface area contributed by atoms with E-state index in [1.54, 1.807) is 0 Å². The summed E-state index contributed by atoms with van der Waals surface area (Å²) in [6.45, 7) is 2.32. The van der Waals surface area contributed by atoms with Crippen molar-refractivity contribution < 1.29 is 0 Å². The first-order valence-corrected chi connectivity index (χ1v) is 8.63. The minimum Gasteiger partial charge on any atom is -0.312 e. The predicted octanol–water partition coefficient (Wildman–Crippen LogP) is 5.27. The molecule has 1 aliphatic rings. The van der Waals surface area contributed by atoms with Gasteiger partial charge in [-0.2, -0.15) is 0 Å². The summed E-state index contributed by atoms with van der Waals surface area (Å²) >= 11 is 8.23. The van der Waals surface area contributed by atoms with Crippen LogP contribution in [-0.2, 0) is 0 Å². The van der Waals surface area contributed by atoms with Crippen LogP contribution >= 0.6 is 23.4 Å². The van der Waals surface area contributed by atoms with Crippen molar-refractivity contribution in [2.75, 3.05) is 7.05 Å². The van der Waals surface area contributed by atoms with Gasteiger partial charge >= 0.3 is 0 Å². The van der Waals surface area contributed by atoms with Gasteiger partial charge in [0.05, 0.1) is 5.02 Å². The maximum atomic E-state index is 6.33. The van der Waals surface area contributed by atoms with E-state index in [4.69, 9.17) is 11.6 Å². The number of halogens is 1. The molecule has 0 saturated heterocycles. The van der Waals surface area contributed by atoms with Crippen molar-refractivity contribution in [3.05, 3.63) is 64.7 Å². The van der Waals surface area contributed by atoms with Crippen molar-refractivity contribution in [1.82, 2.24) is 5.32 Å². The summed E-state index contributed by atoms with van der Waals surface area (Å²) in [4.78, 5) is 1.18. The Hall–Kier alpha value is -0.960. The highest BCUT2D eigenvalue weighted by molar-refractivity contribution is 8.00. The van der Waals surface area contributed by atoms with Gasteiger partial charge in [0.2, 0.25) is 0 Å². The Morgan fingerprint density at radius 3 is 2.43 bits per heavy atom. The van der Waals surface area contributed by atoms with Gasteiger partial charge in [0.15, 0.2) is 0 Å². The molecule has 0 saturated carbocycles. The standard InChI is InChI=1S/C18H20ClNS/c1-12-11-17(21-16-10-6-5-9-15(16)19)18(20-2)14-8-4-3-7-13(12)14/h3-10,12,17-18,20H,11H2,1-2H3. The molecule has 3 atom stereocenters. The second kappa shape index (κ2) is 6.43. The van der Waals surface area contributed by atoms with Gasteiger partial charge in [-0.3, -0.25) is 0 Å². The first-order valence-electron chi connectivity index (χ1n) is 7.38. The van der Waals surface area contributed by atoms with Crippen molar-refractivity contribution in [3.8, 4) is 0 Å². The zero-order chi connectivity index (χ0) is 14.8. The van der Waals surface area contributed by atoms with Crippen LogP contribution in [-0.4, -0.2) is 12.3 Å². The monoisotopic (exact) mass is 317 g/mol. The van der Waals surface area contributed by atoms with Gasteiger partial charge in [-0.25, -0.2) is 0 Å². The summed E-state index contributed by atoms with van der Waals surface area (Å²) in [6.07, 6.45) is 1.17. The molecule has 3 unspecified atom stereocenters. The minimum absolute atomic E-state index is 0.374. The van der Waals surface area contributed by atoms with Crippen LogP contribution in [0.4, 0.5) is 0 Å². The topological polar surface area (TPSA) is 12.0 Å². The molecular weight excluding hydrogens is 298 g/mol. The first-order chi connectivity index (χ1) is 10.2. The third-order valence-electron chi connectivity index (χ3n) is 4.25. The molecule has 110 valence electrons. The third kappa shape index (κ3) is 2.98. The fourth-order valence-corrected chi connectivity index (χ4v) is 4.95. The lowest BCUT2D eigenvalue weighted by Crippen LogP contribution is -2.33. The van der Waals surface area contributed by atoms with E-state index >= 15 is 0 Å². The zero-order valence-electron chi connectivity index (χ0n) is 12.3. The van der Waals surface area contributed by atoms with E-state index in [0.29, 0.717) is 17.2 Å². The number of fused-ring (bicyclic) bond motifs is 1. The molecule has 1 nitrogen and oxygen atoms in total. The van der Waals surface area contributed by atoms with E-state index in [2.05, 4.69) is 55.7 Å². The molecule has 0 radical (unpaired) electrons. The summed E-state index contributed by atoms with van der Waals surface area (Å²) in [5.74, 6) is 0.589. The summed E-state index contributed by atoms with van der Waals surface area (Å²) in [5, 5.41) is 4.86. The zero-order valence-corrected chi connectivity index (χ0v) is 13.9. The SMILES string of the molecule is CNC1c2ccccc2C(C)CC1Sc1ccccc1Cl. The number of thioether (sulfide) groups is 1. The predicted molar refractivity (Wildman–Crippen MR) is 92.4 cm³/mol. The maximum absolute atomic E-state index is 6.33. The molecular formula is C18H20ClNS. The molecule has 0 amide bonds. The van der Waals surface area contributed by atoms with E-state index in [1.165, 1.54) is 22.4 Å². The van der Waals surface area contributed by atoms with E-state index < -0.39 is 0 Å². The number of hydrogen-bond acceptors (Lipinski definition) is 2. The minimum atomic E-state index is 0.374. The Bertz CT molecular complexity index is 628. The van der Waals surface area contributed by atoms with Crippen LogP contribution in [0.25, 0.3) is 0 Å². The third-order valence-corrected chi connectivity index (χ3v) is 6.06. The summed E-state index contributed by atoms with van der Waals surface area (Å²) in [7, 11) is 2.05. The Morgan fingerprint density at radius 2 is 1.71 bits per heavy atom. The molecule has 1 N–H and O–H groups in total. The van der Waals surface area contributed by atoms with Gasteiger partial charge in [-0.1, -0.05) is 54.9 Å². The molecule has 2 aromatic carbocycles. The molecule has 0 aliphatic heterocycles. The average Bonchev–Trinajstić information content (AvgIpc) is 2.50. The van der Waals surface area contributed by atoms with Crippen molar-refractivity contribution in [2.45, 2.75) is 35.4 Å². The highest BCUT2D eigenvalue weighted by Gasteiger charge is 2.32. The van der Waals surface area contributed by atoms with Gasteiger partial charge in [-0.05, 0) is 42.6 Å². The molecule has 0 aromatic heterocycles. The molecule has 3 rings (SSSR count). The highest BCUT2D eigenvalue weighted by atomic mass is 35.5. The quantitative estimate of drug-likeness (QED) is 0.827. The van der Waals surface area contributed by atoms with Gasteiger partial charge in [-0.15, -0.1) is 11.8 Å². The Kier molecular flexibility index (Phi) is 4.58. The fourth-order valence-electron chi connectivity index (χ4n) is 3.22. The molecule has 0 bridgehead atoms. The highest BCUT2D eigenvalue weighted by Crippen LogP contribution is 2.45. The van der Waals surface area contributed by atoms with E-state index in [1.807, 2.05) is 23.9 Å². The Morgan fingerprint density at radius 1 is 1.05 bits per heavy atom. The van der Waals surface area contributed by atoms with Gasteiger partial charge in [0.1, 0.15) is 0 Å². The van der Waals surface area contributed by atoms with Crippen LogP contribution in [0.3, 0.4) is 0 Å². The number of hydrogen-bond donors (Lipinski definition) is 1. The van der Waals surface area contributed by atoms with E-state index in [0.717, 1.165) is 5.02 Å². The fraction of sp³-hybridized carbons (Fsp3) is 0.333. The molecule has 2 aromatic rings. The van der Waals surface area contributed by atoms with Gasteiger partial charge in [0.25, 0.3) is 0 Å². The van der Waals surface area contributed by atoms with Crippen LogP contribution in [0, 0.1) is 0 Å². The molecule has 0 spiro atoms. The van der Waals surface area contributed by atoms with Crippen molar-refractivity contribution in [3.63, 3.8) is 0 Å². The van der Waals surface area contributed by atoms with Crippen LogP contribution in [0.2, 0.25) is 5.02 Å². The van der Waals surface area contributed by atoms with E-state index in [9.17, 15) is 0 Å². The lowest BCUT2D eigenvalue weighted by atomic mass is 9.81. The second-order valence-electron chi connectivity index (χ2n) is 5.62. The molecule has 0 fully saturated rings. The number of rotatable bonds is 3. The van der Waals surface area contributed by atoms with Crippen molar-refractivity contribution in [2.24, 2.45) is 0 Å². The van der Waals surface area contributed by atoms with Crippen molar-refractivity contribution >= 4 is 23.4 Å². The van der Waals surface area contributed by atoms with Crippen LogP contribution < -0.4 is 5.32 Å². The summed E-state index contributed by atoms with van der Waals surface area (Å²) in [5.41, 5.74) is 2.91. The summed E-state index contributed by atoms with van der Waals surface area (Å²) < 4.78 is 0. The number of benzene rings is 2. The first kappa shape index (κ1) is 15.0. The maximum Gasteiger partial charge on any atom is 0.0541 e. The summed E-state index contributed by atoms with van der Waals surface area (Å²) in [6, 6.07) is 17.3. The van der Waals surface area contributed by atoms with Crippen LogP contribution in [0.5, 0.6) is 0 Å². The van der Waals surface area contributed by atoms with Crippen LogP contribution in [0.1, 0.15) is 36.4 Å². The Labute approximate surface area is 136 Å². The molecule has 3 heteroatoms. The number of nitrogens with one attached hydrogen (secondary N) is 1. The normalized spacial score (nSPS) is 24.6. The largest absolute Gasteiger partial charge is 0.312 e. The Balaban J connectivity index is 1.92. The smallest absolute Gasteiger partial charge is 0.0541 e. The van der Waals surface area contributed by atoms with E-state index in [-0.39, 0.29) is 0 Å². The lowest BCUT2D eigenvalue weighted by molar-refractivity contribution is 0.473. The molecule has 0 heterocycles. The van der Waals surface area contributed by atoms with Crippen molar-refractivity contribution in [1.29, 1.82) is 0 Å². The lowest BCUT2D eigenvalue weighted by Gasteiger charge is -2.36. The second-order valence-corrected chi connectivity index (χ2v) is 7.31. The average molecular weight is 318 g/mol. The van der Waals surface area contributed by atoms with Gasteiger partial charge < -0.3 is 5.32 Å². The molecule has 21 heavy (non-hydrogen) atoms. The van der Waals surface area contributed by atoms with Gasteiger partial charge in [0, 0.05) is 16.2 Å².